The quantitative estimate of drug-likeness (QED) is 0.780. The van der Waals surface area contributed by atoms with Gasteiger partial charge in [-0.1, -0.05) is 6.07 Å². The Morgan fingerprint density at radius 2 is 2.17 bits per heavy atom. The van der Waals surface area contributed by atoms with E-state index in [1.165, 1.54) is 4.88 Å². The summed E-state index contributed by atoms with van der Waals surface area (Å²) in [7, 11) is 3.29. The van der Waals surface area contributed by atoms with Crippen molar-refractivity contribution in [3.8, 4) is 17.6 Å². The fraction of sp³-hybridized carbons (Fsp3) is 0.455. The number of methoxy groups -OCH3 is 2. The van der Waals surface area contributed by atoms with Crippen LogP contribution < -0.4 is 14.8 Å². The van der Waals surface area contributed by atoms with Crippen LogP contribution in [0.4, 0.5) is 5.00 Å². The van der Waals surface area contributed by atoms with Gasteiger partial charge in [-0.15, -0.1) is 11.3 Å². The van der Waals surface area contributed by atoms with E-state index in [9.17, 15) is 10.1 Å². The predicted octanol–water partition coefficient (Wildman–Crippen LogP) is 3.90. The Kier molecular flexibility index (Phi) is 5.74. The molecule has 2 heterocycles. The van der Waals surface area contributed by atoms with Gasteiger partial charge >= 0.3 is 0 Å². The van der Waals surface area contributed by atoms with Crippen LogP contribution in [0, 0.1) is 11.3 Å². The summed E-state index contributed by atoms with van der Waals surface area (Å²) in [5.41, 5.74) is 2.87. The second kappa shape index (κ2) is 8.44. The number of nitriles is 1. The average molecular weight is 412 g/mol. The van der Waals surface area contributed by atoms with Gasteiger partial charge in [-0.2, -0.15) is 5.26 Å². The highest BCUT2D eigenvalue weighted by atomic mass is 32.1. The minimum Gasteiger partial charge on any atom is -0.497 e. The van der Waals surface area contributed by atoms with Crippen molar-refractivity contribution in [2.75, 3.05) is 32.6 Å². The lowest BCUT2D eigenvalue weighted by molar-refractivity contribution is -0.117. The Balaban J connectivity index is 1.48. The number of anilines is 1. The largest absolute Gasteiger partial charge is 0.497 e. The Labute approximate surface area is 175 Å². The van der Waals surface area contributed by atoms with Crippen molar-refractivity contribution in [3.05, 3.63) is 39.8 Å². The first-order valence-electron chi connectivity index (χ1n) is 9.95. The molecule has 1 N–H and O–H groups in total. The lowest BCUT2D eigenvalue weighted by Crippen LogP contribution is -2.33. The molecule has 1 saturated heterocycles. The van der Waals surface area contributed by atoms with Gasteiger partial charge in [-0.25, -0.2) is 0 Å². The zero-order valence-corrected chi connectivity index (χ0v) is 17.6. The standard InChI is InChI=1S/C22H25N3O3S/c1-27-14-8-9-16(19(11-14)28-2)18-6-4-10-25(18)13-21(26)24-22-17(12-23)15-5-3-7-20(15)29-22/h8-9,11,18H,3-7,10,13H2,1-2H3,(H,24,26)/t18-/m0/s1. The van der Waals surface area contributed by atoms with E-state index in [0.717, 1.165) is 61.3 Å². The number of rotatable bonds is 6. The van der Waals surface area contributed by atoms with Crippen LogP contribution in [0.25, 0.3) is 0 Å². The summed E-state index contributed by atoms with van der Waals surface area (Å²) in [6.45, 7) is 1.16. The number of hydrogen-bond donors (Lipinski definition) is 1. The lowest BCUT2D eigenvalue weighted by Gasteiger charge is -2.25. The van der Waals surface area contributed by atoms with Crippen molar-refractivity contribution < 1.29 is 14.3 Å². The number of carbonyl (C=O) groups is 1. The highest BCUT2D eigenvalue weighted by Gasteiger charge is 2.30. The van der Waals surface area contributed by atoms with Gasteiger partial charge in [0.2, 0.25) is 5.91 Å². The SMILES string of the molecule is COc1ccc([C@@H]2CCCN2CC(=O)Nc2sc3c(c2C#N)CCC3)c(OC)c1. The first kappa shape index (κ1) is 19.7. The first-order valence-corrected chi connectivity index (χ1v) is 10.8. The normalized spacial score (nSPS) is 18.3. The molecule has 1 fully saturated rings. The summed E-state index contributed by atoms with van der Waals surface area (Å²) < 4.78 is 10.9. The van der Waals surface area contributed by atoms with E-state index in [1.807, 2.05) is 18.2 Å². The number of amides is 1. The Bertz CT molecular complexity index is 963. The van der Waals surface area contributed by atoms with Crippen molar-refractivity contribution in [2.45, 2.75) is 38.1 Å². The molecule has 1 aromatic carbocycles. The van der Waals surface area contributed by atoms with E-state index in [0.29, 0.717) is 17.1 Å². The number of benzene rings is 1. The zero-order valence-electron chi connectivity index (χ0n) is 16.8. The van der Waals surface area contributed by atoms with E-state index in [2.05, 4.69) is 16.3 Å². The minimum atomic E-state index is -0.0687. The molecule has 6 nitrogen and oxygen atoms in total. The Hall–Kier alpha value is -2.56. The molecular formula is C22H25N3O3S. The minimum absolute atomic E-state index is 0.0687. The van der Waals surface area contributed by atoms with Crippen molar-refractivity contribution in [3.63, 3.8) is 0 Å². The summed E-state index contributed by atoms with van der Waals surface area (Å²) in [5.74, 6) is 1.46. The fourth-order valence-electron chi connectivity index (χ4n) is 4.42. The molecule has 0 saturated carbocycles. The van der Waals surface area contributed by atoms with Crippen molar-refractivity contribution in [1.82, 2.24) is 4.90 Å². The lowest BCUT2D eigenvalue weighted by atomic mass is 10.0. The van der Waals surface area contributed by atoms with Gasteiger partial charge in [-0.05, 0) is 50.3 Å². The van der Waals surface area contributed by atoms with Crippen LogP contribution in [-0.4, -0.2) is 38.1 Å². The number of fused-ring (bicyclic) bond motifs is 1. The van der Waals surface area contributed by atoms with Crippen LogP contribution in [0.3, 0.4) is 0 Å². The zero-order chi connectivity index (χ0) is 20.4. The molecule has 29 heavy (non-hydrogen) atoms. The van der Waals surface area contributed by atoms with Gasteiger partial charge in [0.25, 0.3) is 0 Å². The molecule has 1 aromatic heterocycles. The fourth-order valence-corrected chi connectivity index (χ4v) is 5.68. The third kappa shape index (κ3) is 3.83. The van der Waals surface area contributed by atoms with Gasteiger partial charge in [-0.3, -0.25) is 9.69 Å². The van der Waals surface area contributed by atoms with E-state index in [-0.39, 0.29) is 11.9 Å². The number of thiophene rings is 1. The molecule has 2 aromatic rings. The van der Waals surface area contributed by atoms with E-state index < -0.39 is 0 Å². The van der Waals surface area contributed by atoms with E-state index >= 15 is 0 Å². The Morgan fingerprint density at radius 1 is 1.31 bits per heavy atom. The third-order valence-corrected chi connectivity index (χ3v) is 7.00. The number of nitrogens with zero attached hydrogens (tertiary/aromatic N) is 2. The molecule has 2 aliphatic rings. The number of aryl methyl sites for hydroxylation is 1. The van der Waals surface area contributed by atoms with Gasteiger partial charge in [0.05, 0.1) is 26.3 Å². The van der Waals surface area contributed by atoms with Crippen LogP contribution in [0.15, 0.2) is 18.2 Å². The summed E-state index contributed by atoms with van der Waals surface area (Å²) in [5, 5.41) is 13.2. The second-order valence-corrected chi connectivity index (χ2v) is 8.56. The predicted molar refractivity (Wildman–Crippen MR) is 113 cm³/mol. The van der Waals surface area contributed by atoms with Crippen molar-refractivity contribution in [1.29, 1.82) is 5.26 Å². The van der Waals surface area contributed by atoms with Crippen molar-refractivity contribution >= 4 is 22.2 Å². The van der Waals surface area contributed by atoms with E-state index in [1.54, 1.807) is 25.6 Å². The Morgan fingerprint density at radius 3 is 2.93 bits per heavy atom. The topological polar surface area (TPSA) is 74.6 Å². The van der Waals surface area contributed by atoms with Crippen LogP contribution >= 0.6 is 11.3 Å². The number of likely N-dealkylation sites (tertiary alicyclic amines) is 1. The van der Waals surface area contributed by atoms with Crippen LogP contribution in [0.2, 0.25) is 0 Å². The summed E-state index contributed by atoms with van der Waals surface area (Å²) >= 11 is 1.56. The highest BCUT2D eigenvalue weighted by Crippen LogP contribution is 2.40. The summed E-state index contributed by atoms with van der Waals surface area (Å²) in [4.78, 5) is 16.2. The average Bonchev–Trinajstić information content (AvgIpc) is 3.43. The van der Waals surface area contributed by atoms with Gasteiger partial charge in [0.1, 0.15) is 22.6 Å². The van der Waals surface area contributed by atoms with Gasteiger partial charge in [0, 0.05) is 22.5 Å². The first-order chi connectivity index (χ1) is 14.1. The van der Waals surface area contributed by atoms with Gasteiger partial charge < -0.3 is 14.8 Å². The maximum atomic E-state index is 12.8. The van der Waals surface area contributed by atoms with Gasteiger partial charge in [0.15, 0.2) is 0 Å². The molecule has 1 aliphatic carbocycles. The smallest absolute Gasteiger partial charge is 0.239 e. The molecule has 1 aliphatic heterocycles. The number of ether oxygens (including phenoxy) is 2. The van der Waals surface area contributed by atoms with Crippen molar-refractivity contribution in [2.24, 2.45) is 0 Å². The maximum absolute atomic E-state index is 12.8. The second-order valence-electron chi connectivity index (χ2n) is 7.46. The summed E-state index contributed by atoms with van der Waals surface area (Å²) in [6.07, 6.45) is 5.06. The molecule has 0 radical (unpaired) electrons. The molecule has 0 bridgehead atoms. The van der Waals surface area contributed by atoms with Crippen LogP contribution in [-0.2, 0) is 17.6 Å². The molecule has 4 rings (SSSR count). The monoisotopic (exact) mass is 411 g/mol. The number of hydrogen-bond acceptors (Lipinski definition) is 6. The molecule has 0 unspecified atom stereocenters. The molecule has 7 heteroatoms. The molecule has 1 amide bonds. The maximum Gasteiger partial charge on any atom is 0.239 e. The van der Waals surface area contributed by atoms with Crippen LogP contribution in [0.1, 0.15) is 46.9 Å². The van der Waals surface area contributed by atoms with Crippen LogP contribution in [0.5, 0.6) is 11.5 Å². The molecular weight excluding hydrogens is 386 g/mol. The highest BCUT2D eigenvalue weighted by molar-refractivity contribution is 7.16. The molecule has 152 valence electrons. The van der Waals surface area contributed by atoms with E-state index in [4.69, 9.17) is 9.47 Å². The summed E-state index contributed by atoms with van der Waals surface area (Å²) in [6, 6.07) is 8.26. The number of carbonyl (C=O) groups excluding carboxylic acids is 1. The molecule has 0 spiro atoms. The number of nitrogens with one attached hydrogen (secondary N) is 1. The molecule has 1 atom stereocenters. The third-order valence-electron chi connectivity index (χ3n) is 5.80.